The number of aliphatic carboxylic acids is 2. The fourth-order valence-corrected chi connectivity index (χ4v) is 3.39. The van der Waals surface area contributed by atoms with E-state index < -0.39 is 46.4 Å². The number of amides is 2. The Bertz CT molecular complexity index is 733. The van der Waals surface area contributed by atoms with Crippen LogP contribution in [0.2, 0.25) is 0 Å². The number of likely N-dealkylation sites (tertiary alicyclic amines) is 2. The molecule has 2 amide bonds. The molecule has 2 saturated heterocycles. The summed E-state index contributed by atoms with van der Waals surface area (Å²) in [5.74, 6) is -2.85. The fraction of sp³-hybridized carbons (Fsp3) is 0.733. The van der Waals surface area contributed by atoms with Gasteiger partial charge in [-0.3, -0.25) is 28.4 Å². The predicted octanol–water partition coefficient (Wildman–Crippen LogP) is -1.54. The van der Waals surface area contributed by atoms with Gasteiger partial charge in [-0.25, -0.2) is 4.79 Å². The minimum absolute atomic E-state index is 0.215. The molecule has 0 aromatic rings. The highest BCUT2D eigenvalue weighted by Crippen LogP contribution is 2.20. The zero-order valence-electron chi connectivity index (χ0n) is 15.7. The molecule has 0 aromatic carbocycles. The summed E-state index contributed by atoms with van der Waals surface area (Å²) in [6.07, 6.45) is 2.30. The first-order valence-corrected chi connectivity index (χ1v) is 10.2. The lowest BCUT2D eigenvalue weighted by Crippen LogP contribution is -2.54. The second-order valence-corrected chi connectivity index (χ2v) is 7.62. The number of carboxylic acids is 2. The summed E-state index contributed by atoms with van der Waals surface area (Å²) in [5, 5.41) is 20.6. The number of carbonyl (C=O) groups is 4. The summed E-state index contributed by atoms with van der Waals surface area (Å²) in [4.78, 5) is 49.6. The molecule has 0 radical (unpaired) electrons. The normalized spacial score (nSPS) is 23.1. The van der Waals surface area contributed by atoms with Crippen LogP contribution in [0, 0.1) is 0 Å². The molecule has 166 valence electrons. The quantitative estimate of drug-likeness (QED) is 0.300. The molecule has 2 aliphatic rings. The molecule has 3 atom stereocenters. The van der Waals surface area contributed by atoms with Gasteiger partial charge in [0.05, 0.1) is 12.6 Å². The Balaban J connectivity index is 0.000000749. The Morgan fingerprint density at radius 2 is 1.55 bits per heavy atom. The average Bonchev–Trinajstić information content (AvgIpc) is 3.20. The van der Waals surface area contributed by atoms with Gasteiger partial charge in [0.1, 0.15) is 12.1 Å². The van der Waals surface area contributed by atoms with Crippen molar-refractivity contribution in [3.63, 3.8) is 0 Å². The van der Waals surface area contributed by atoms with E-state index in [4.69, 9.17) is 27.7 Å². The molecule has 0 unspecified atom stereocenters. The smallest absolute Gasteiger partial charge is 0.394 e. The van der Waals surface area contributed by atoms with Gasteiger partial charge in [-0.2, -0.15) is 8.42 Å². The number of nitrogens with zero attached hydrogens (tertiary/aromatic N) is 2. The molecule has 0 saturated carbocycles. The maximum Gasteiger partial charge on any atom is 0.394 e. The Labute approximate surface area is 167 Å². The van der Waals surface area contributed by atoms with Gasteiger partial charge in [0.25, 0.3) is 0 Å². The van der Waals surface area contributed by atoms with Crippen molar-refractivity contribution in [2.24, 2.45) is 0 Å². The maximum absolute atomic E-state index is 12.4. The van der Waals surface area contributed by atoms with Crippen LogP contribution in [0.25, 0.3) is 0 Å². The molecule has 2 aliphatic heterocycles. The van der Waals surface area contributed by atoms with Crippen LogP contribution in [0.3, 0.4) is 0 Å². The van der Waals surface area contributed by atoms with Crippen molar-refractivity contribution in [3.05, 3.63) is 0 Å². The van der Waals surface area contributed by atoms with Gasteiger partial charge in [0.15, 0.2) is 0 Å². The van der Waals surface area contributed by atoms with Crippen LogP contribution >= 0.6 is 0 Å². The van der Waals surface area contributed by atoms with E-state index in [-0.39, 0.29) is 12.5 Å². The summed E-state index contributed by atoms with van der Waals surface area (Å²) in [6.45, 7) is 2.20. The molecule has 2 rings (SSSR count). The summed E-state index contributed by atoms with van der Waals surface area (Å²) in [6, 6.07) is -2.25. The number of nitrogens with one attached hydrogen (secondary N) is 1. The van der Waals surface area contributed by atoms with Gasteiger partial charge < -0.3 is 20.4 Å². The second-order valence-electron chi connectivity index (χ2n) is 6.73. The van der Waals surface area contributed by atoms with Crippen LogP contribution in [0.4, 0.5) is 0 Å². The molecule has 5 N–H and O–H groups in total. The summed E-state index contributed by atoms with van der Waals surface area (Å²) in [5.41, 5.74) is 0. The van der Waals surface area contributed by atoms with Gasteiger partial charge in [0, 0.05) is 6.54 Å². The molecule has 0 spiro atoms. The van der Waals surface area contributed by atoms with Crippen LogP contribution < -0.4 is 5.32 Å². The maximum atomic E-state index is 12.4. The van der Waals surface area contributed by atoms with Crippen molar-refractivity contribution in [1.82, 2.24) is 15.1 Å². The van der Waals surface area contributed by atoms with Crippen molar-refractivity contribution in [2.75, 3.05) is 19.6 Å². The number of hydrogen-bond donors (Lipinski definition) is 5. The van der Waals surface area contributed by atoms with Crippen LogP contribution in [-0.2, 0) is 29.6 Å². The SMILES string of the molecule is C[C@H](NC(=O)[C@@H]1CCCN1CC(=O)O)C(=O)N1CCC[C@H]1C(=O)O.O=S(=O)(O)O. The van der Waals surface area contributed by atoms with E-state index in [2.05, 4.69) is 5.32 Å². The zero-order chi connectivity index (χ0) is 22.4. The van der Waals surface area contributed by atoms with Crippen molar-refractivity contribution in [2.45, 2.75) is 50.7 Å². The van der Waals surface area contributed by atoms with E-state index in [1.54, 1.807) is 4.90 Å². The lowest BCUT2D eigenvalue weighted by molar-refractivity contribution is -0.149. The van der Waals surface area contributed by atoms with Crippen LogP contribution in [-0.4, -0.2) is 99.0 Å². The number of hydrogen-bond acceptors (Lipinski definition) is 7. The van der Waals surface area contributed by atoms with E-state index in [0.29, 0.717) is 32.4 Å². The third kappa shape index (κ3) is 8.31. The van der Waals surface area contributed by atoms with Gasteiger partial charge in [-0.05, 0) is 39.2 Å². The van der Waals surface area contributed by atoms with E-state index in [1.165, 1.54) is 11.8 Å². The van der Waals surface area contributed by atoms with Crippen LogP contribution in [0.5, 0.6) is 0 Å². The highest BCUT2D eigenvalue weighted by atomic mass is 32.3. The Kier molecular flexibility index (Phi) is 8.94. The van der Waals surface area contributed by atoms with E-state index in [1.807, 2.05) is 0 Å². The number of carboxylic acid groups (broad SMARTS) is 2. The Morgan fingerprint density at radius 3 is 2.07 bits per heavy atom. The van der Waals surface area contributed by atoms with Crippen LogP contribution in [0.1, 0.15) is 32.6 Å². The standard InChI is InChI=1S/C15H23N3O6.H2O4S/c1-9(14(22)18-7-3-5-11(18)15(23)24)16-13(21)10-4-2-6-17(10)8-12(19)20;1-5(2,3)4/h9-11H,2-8H2,1H3,(H,16,21)(H,19,20)(H,23,24);(H2,1,2,3,4)/t9-,10-,11-;/m0./s1. The molecule has 2 heterocycles. The Morgan fingerprint density at radius 1 is 1.03 bits per heavy atom. The number of rotatable bonds is 6. The lowest BCUT2D eigenvalue weighted by atomic mass is 10.1. The van der Waals surface area contributed by atoms with Gasteiger partial charge >= 0.3 is 22.3 Å². The lowest BCUT2D eigenvalue weighted by Gasteiger charge is -2.27. The zero-order valence-corrected chi connectivity index (χ0v) is 16.5. The van der Waals surface area contributed by atoms with Crippen molar-refractivity contribution >= 4 is 34.2 Å². The predicted molar refractivity (Wildman–Crippen MR) is 96.4 cm³/mol. The minimum Gasteiger partial charge on any atom is -0.480 e. The summed E-state index contributed by atoms with van der Waals surface area (Å²) in [7, 11) is -4.67. The van der Waals surface area contributed by atoms with E-state index in [9.17, 15) is 19.2 Å². The highest BCUT2D eigenvalue weighted by molar-refractivity contribution is 7.79. The Hall–Kier alpha value is -2.29. The van der Waals surface area contributed by atoms with Gasteiger partial charge in [-0.15, -0.1) is 0 Å². The molecule has 29 heavy (non-hydrogen) atoms. The molecule has 14 heteroatoms. The third-order valence-corrected chi connectivity index (χ3v) is 4.55. The highest BCUT2D eigenvalue weighted by Gasteiger charge is 2.38. The van der Waals surface area contributed by atoms with Gasteiger partial charge in [-0.1, -0.05) is 0 Å². The first-order chi connectivity index (χ1) is 13.3. The summed E-state index contributed by atoms with van der Waals surface area (Å²) < 4.78 is 31.6. The van der Waals surface area contributed by atoms with Crippen molar-refractivity contribution in [1.29, 1.82) is 0 Å². The monoisotopic (exact) mass is 439 g/mol. The average molecular weight is 439 g/mol. The molecule has 0 aromatic heterocycles. The van der Waals surface area contributed by atoms with E-state index >= 15 is 0 Å². The largest absolute Gasteiger partial charge is 0.480 e. The molecule has 2 fully saturated rings. The summed E-state index contributed by atoms with van der Waals surface area (Å²) >= 11 is 0. The van der Waals surface area contributed by atoms with Gasteiger partial charge in [0.2, 0.25) is 11.8 Å². The molecule has 0 bridgehead atoms. The molecular weight excluding hydrogens is 414 g/mol. The second kappa shape index (κ2) is 10.5. The first kappa shape index (κ1) is 24.7. The first-order valence-electron chi connectivity index (χ1n) is 8.80. The fourth-order valence-electron chi connectivity index (χ4n) is 3.39. The molecule has 13 nitrogen and oxygen atoms in total. The minimum atomic E-state index is -4.67. The third-order valence-electron chi connectivity index (χ3n) is 4.55. The number of carbonyl (C=O) groups excluding carboxylic acids is 2. The van der Waals surface area contributed by atoms with Crippen molar-refractivity contribution < 1.29 is 46.9 Å². The van der Waals surface area contributed by atoms with Crippen molar-refractivity contribution in [3.8, 4) is 0 Å². The topological polar surface area (TPSA) is 202 Å². The van der Waals surface area contributed by atoms with E-state index in [0.717, 1.165) is 6.42 Å². The molecule has 0 aliphatic carbocycles. The molecular formula is C15H25N3O10S. The van der Waals surface area contributed by atoms with Crippen LogP contribution in [0.15, 0.2) is 0 Å².